The highest BCUT2D eigenvalue weighted by atomic mass is 32.2. The number of ether oxygens (including phenoxy) is 1. The molecule has 1 aromatic rings. The summed E-state index contributed by atoms with van der Waals surface area (Å²) in [5.74, 6) is -0.700. The number of sulfonamides is 1. The average molecular weight is 336 g/mol. The first kappa shape index (κ1) is 17.4. The fourth-order valence-corrected chi connectivity index (χ4v) is 4.27. The lowest BCUT2D eigenvalue weighted by atomic mass is 10.1. The summed E-state index contributed by atoms with van der Waals surface area (Å²) < 4.78 is 32.0. The summed E-state index contributed by atoms with van der Waals surface area (Å²) in [5.41, 5.74) is 0.716. The van der Waals surface area contributed by atoms with E-state index in [0.29, 0.717) is 18.7 Å². The van der Waals surface area contributed by atoms with Crippen molar-refractivity contribution < 1.29 is 17.9 Å². The van der Waals surface area contributed by atoms with Gasteiger partial charge in [-0.05, 0) is 44.4 Å². The van der Waals surface area contributed by atoms with Crippen LogP contribution in [-0.2, 0) is 14.8 Å². The van der Waals surface area contributed by atoms with Gasteiger partial charge in [-0.1, -0.05) is 12.5 Å². The van der Waals surface area contributed by atoms with Gasteiger partial charge in [0.05, 0.1) is 10.5 Å². The molecular formula is C16H20N2O4S. The lowest BCUT2D eigenvalue weighted by molar-refractivity contribution is 0.0435. The van der Waals surface area contributed by atoms with Crippen molar-refractivity contribution in [1.29, 1.82) is 5.26 Å². The lowest BCUT2D eigenvalue weighted by Crippen LogP contribution is -2.36. The number of benzene rings is 1. The van der Waals surface area contributed by atoms with Gasteiger partial charge in [0.15, 0.2) is 6.10 Å². The molecular weight excluding hydrogens is 316 g/mol. The van der Waals surface area contributed by atoms with Crippen LogP contribution in [0.3, 0.4) is 0 Å². The maximum Gasteiger partial charge on any atom is 0.339 e. The van der Waals surface area contributed by atoms with E-state index in [9.17, 15) is 13.2 Å². The van der Waals surface area contributed by atoms with Gasteiger partial charge in [0.25, 0.3) is 0 Å². The summed E-state index contributed by atoms with van der Waals surface area (Å²) in [5, 5.41) is 8.70. The molecule has 0 radical (unpaired) electrons. The number of carbonyl (C=O) groups is 1. The fraction of sp³-hybridized carbons (Fsp3) is 0.500. The zero-order chi connectivity index (χ0) is 17.0. The zero-order valence-corrected chi connectivity index (χ0v) is 14.1. The predicted molar refractivity (Wildman–Crippen MR) is 84.3 cm³/mol. The van der Waals surface area contributed by atoms with Crippen LogP contribution in [0.2, 0.25) is 0 Å². The van der Waals surface area contributed by atoms with E-state index in [1.807, 2.05) is 0 Å². The Morgan fingerprint density at radius 1 is 1.30 bits per heavy atom. The first-order chi connectivity index (χ1) is 10.9. The number of aryl methyl sites for hydroxylation is 1. The van der Waals surface area contributed by atoms with Crippen molar-refractivity contribution in [1.82, 2.24) is 4.31 Å². The number of hydrogen-bond donors (Lipinski definition) is 0. The normalized spacial score (nSPS) is 17.3. The zero-order valence-electron chi connectivity index (χ0n) is 13.3. The molecule has 2 rings (SSSR count). The van der Waals surface area contributed by atoms with Crippen LogP contribution in [0.15, 0.2) is 23.1 Å². The molecule has 0 bridgehead atoms. The molecule has 6 nitrogen and oxygen atoms in total. The van der Waals surface area contributed by atoms with Crippen LogP contribution in [0.4, 0.5) is 0 Å². The number of nitriles is 1. The average Bonchev–Trinajstić information content (AvgIpc) is 2.55. The van der Waals surface area contributed by atoms with Gasteiger partial charge in [-0.25, -0.2) is 13.2 Å². The smallest absolute Gasteiger partial charge is 0.339 e. The van der Waals surface area contributed by atoms with Gasteiger partial charge in [-0.15, -0.1) is 0 Å². The monoisotopic (exact) mass is 336 g/mol. The van der Waals surface area contributed by atoms with Gasteiger partial charge in [0.1, 0.15) is 6.07 Å². The molecule has 1 aromatic carbocycles. The summed E-state index contributed by atoms with van der Waals surface area (Å²) in [4.78, 5) is 12.1. The van der Waals surface area contributed by atoms with Gasteiger partial charge < -0.3 is 4.74 Å². The van der Waals surface area contributed by atoms with Crippen molar-refractivity contribution in [3.8, 4) is 6.07 Å². The van der Waals surface area contributed by atoms with E-state index in [1.165, 1.54) is 23.4 Å². The summed E-state index contributed by atoms with van der Waals surface area (Å²) >= 11 is 0. The van der Waals surface area contributed by atoms with Crippen LogP contribution >= 0.6 is 0 Å². The van der Waals surface area contributed by atoms with Gasteiger partial charge in [0, 0.05) is 13.1 Å². The van der Waals surface area contributed by atoms with Crippen LogP contribution in [-0.4, -0.2) is 37.9 Å². The Kier molecular flexibility index (Phi) is 5.39. The number of hydrogen-bond acceptors (Lipinski definition) is 5. The SMILES string of the molecule is Cc1ccc(C(=O)O[C@@H](C)C#N)cc1S(=O)(=O)N1CCCCC1. The minimum absolute atomic E-state index is 0.124. The van der Waals surface area contributed by atoms with Gasteiger partial charge in [-0.2, -0.15) is 9.57 Å². The molecule has 1 aliphatic heterocycles. The third-order valence-electron chi connectivity index (χ3n) is 3.82. The fourth-order valence-electron chi connectivity index (χ4n) is 2.50. The molecule has 1 aliphatic rings. The molecule has 0 amide bonds. The Hall–Kier alpha value is -1.91. The molecule has 0 saturated carbocycles. The molecule has 7 heteroatoms. The number of esters is 1. The lowest BCUT2D eigenvalue weighted by Gasteiger charge is -2.26. The molecule has 23 heavy (non-hydrogen) atoms. The summed E-state index contributed by atoms with van der Waals surface area (Å²) in [6.45, 7) is 4.16. The second kappa shape index (κ2) is 7.11. The molecule has 0 aromatic heterocycles. The largest absolute Gasteiger partial charge is 0.444 e. The van der Waals surface area contributed by atoms with Crippen LogP contribution < -0.4 is 0 Å². The van der Waals surface area contributed by atoms with Crippen LogP contribution in [0.25, 0.3) is 0 Å². The van der Waals surface area contributed by atoms with Crippen molar-refractivity contribution in [3.05, 3.63) is 29.3 Å². The van der Waals surface area contributed by atoms with Crippen LogP contribution in [0, 0.1) is 18.3 Å². The van der Waals surface area contributed by atoms with Gasteiger partial charge in [-0.3, -0.25) is 0 Å². The molecule has 0 unspecified atom stereocenters. The van der Waals surface area contributed by atoms with Crippen LogP contribution in [0.5, 0.6) is 0 Å². The number of rotatable bonds is 4. The second-order valence-electron chi connectivity index (χ2n) is 5.62. The Labute approximate surface area is 136 Å². The van der Waals surface area contributed by atoms with Crippen molar-refractivity contribution in [2.75, 3.05) is 13.1 Å². The molecule has 0 aliphatic carbocycles. The number of piperidine rings is 1. The molecule has 1 fully saturated rings. The van der Waals surface area contributed by atoms with E-state index in [-0.39, 0.29) is 10.5 Å². The second-order valence-corrected chi connectivity index (χ2v) is 7.53. The molecule has 124 valence electrons. The highest BCUT2D eigenvalue weighted by Crippen LogP contribution is 2.24. The Morgan fingerprint density at radius 3 is 2.57 bits per heavy atom. The molecule has 1 heterocycles. The minimum atomic E-state index is -3.62. The van der Waals surface area contributed by atoms with E-state index in [4.69, 9.17) is 10.00 Å². The van der Waals surface area contributed by atoms with Crippen molar-refractivity contribution >= 4 is 16.0 Å². The van der Waals surface area contributed by atoms with E-state index < -0.39 is 22.1 Å². The standard InChI is InChI=1S/C16H20N2O4S/c1-12-6-7-14(16(19)22-13(2)11-17)10-15(12)23(20,21)18-8-4-3-5-9-18/h6-7,10,13H,3-5,8-9H2,1-2H3/t13-/m0/s1. The molecule has 1 atom stereocenters. The molecule has 1 saturated heterocycles. The van der Waals surface area contributed by atoms with E-state index in [0.717, 1.165) is 19.3 Å². The van der Waals surface area contributed by atoms with E-state index >= 15 is 0 Å². The minimum Gasteiger partial charge on any atom is -0.444 e. The van der Waals surface area contributed by atoms with Gasteiger partial charge >= 0.3 is 5.97 Å². The Balaban J connectivity index is 2.33. The third-order valence-corrected chi connectivity index (χ3v) is 5.86. The summed E-state index contributed by atoms with van der Waals surface area (Å²) in [6.07, 6.45) is 1.84. The summed E-state index contributed by atoms with van der Waals surface area (Å²) in [6, 6.07) is 6.24. The van der Waals surface area contributed by atoms with E-state index in [2.05, 4.69) is 0 Å². The Morgan fingerprint density at radius 2 is 1.96 bits per heavy atom. The van der Waals surface area contributed by atoms with Crippen molar-refractivity contribution in [3.63, 3.8) is 0 Å². The van der Waals surface area contributed by atoms with Crippen LogP contribution in [0.1, 0.15) is 42.1 Å². The molecule has 0 spiro atoms. The van der Waals surface area contributed by atoms with E-state index in [1.54, 1.807) is 19.1 Å². The topological polar surface area (TPSA) is 87.5 Å². The van der Waals surface area contributed by atoms with Crippen molar-refractivity contribution in [2.45, 2.75) is 44.1 Å². The quantitative estimate of drug-likeness (QED) is 0.787. The first-order valence-corrected chi connectivity index (χ1v) is 9.01. The summed E-state index contributed by atoms with van der Waals surface area (Å²) in [7, 11) is -3.62. The number of nitrogens with zero attached hydrogens (tertiary/aromatic N) is 2. The highest BCUT2D eigenvalue weighted by molar-refractivity contribution is 7.89. The predicted octanol–water partition coefficient (Wildman–Crippen LogP) is 2.24. The highest BCUT2D eigenvalue weighted by Gasteiger charge is 2.28. The first-order valence-electron chi connectivity index (χ1n) is 7.57. The number of carbonyl (C=O) groups excluding carboxylic acids is 1. The van der Waals surface area contributed by atoms with Gasteiger partial charge in [0.2, 0.25) is 10.0 Å². The van der Waals surface area contributed by atoms with Crippen molar-refractivity contribution in [2.24, 2.45) is 0 Å². The molecule has 0 N–H and O–H groups in total. The maximum absolute atomic E-state index is 12.8. The Bertz CT molecular complexity index is 731. The maximum atomic E-state index is 12.8. The third kappa shape index (κ3) is 3.89.